The lowest BCUT2D eigenvalue weighted by molar-refractivity contribution is -0.123. The molecule has 0 N–H and O–H groups in total. The largest absolute Gasteiger partial charge is 0.297 e. The molecule has 3 heterocycles. The summed E-state index contributed by atoms with van der Waals surface area (Å²) in [4.78, 5) is 36.9. The van der Waals surface area contributed by atoms with E-state index in [0.717, 1.165) is 53.5 Å². The van der Waals surface area contributed by atoms with Gasteiger partial charge in [0.25, 0.3) is 5.91 Å². The van der Waals surface area contributed by atoms with Crippen molar-refractivity contribution >= 4 is 39.1 Å². The molecule has 2 fully saturated rings. The smallest absolute Gasteiger partial charge is 0.251 e. The second-order valence-electron chi connectivity index (χ2n) is 9.62. The molecule has 0 saturated carbocycles. The molecule has 2 aliphatic rings. The van der Waals surface area contributed by atoms with Crippen molar-refractivity contribution in [1.29, 1.82) is 0 Å². The van der Waals surface area contributed by atoms with E-state index in [-0.39, 0.29) is 24.3 Å². The molecular formula is C29H28N4O2S. The highest BCUT2D eigenvalue weighted by Crippen LogP contribution is 2.33. The van der Waals surface area contributed by atoms with Crippen LogP contribution in [0.2, 0.25) is 0 Å². The third-order valence-corrected chi connectivity index (χ3v) is 8.20. The van der Waals surface area contributed by atoms with Crippen molar-refractivity contribution in [3.8, 4) is 10.6 Å². The predicted molar refractivity (Wildman–Crippen MR) is 144 cm³/mol. The van der Waals surface area contributed by atoms with Crippen molar-refractivity contribution in [2.24, 2.45) is 0 Å². The van der Waals surface area contributed by atoms with Gasteiger partial charge in [-0.1, -0.05) is 36.4 Å². The molecule has 4 aromatic rings. The van der Waals surface area contributed by atoms with E-state index >= 15 is 0 Å². The van der Waals surface area contributed by atoms with Gasteiger partial charge >= 0.3 is 0 Å². The summed E-state index contributed by atoms with van der Waals surface area (Å²) in [7, 11) is 0. The Morgan fingerprint density at radius 3 is 2.42 bits per heavy atom. The van der Waals surface area contributed by atoms with Gasteiger partial charge in [0, 0.05) is 38.3 Å². The van der Waals surface area contributed by atoms with E-state index in [9.17, 15) is 9.59 Å². The molecule has 6 rings (SSSR count). The zero-order valence-corrected chi connectivity index (χ0v) is 21.1. The molecule has 0 radical (unpaired) electrons. The Hall–Kier alpha value is -3.39. The van der Waals surface area contributed by atoms with Crippen LogP contribution in [0.15, 0.2) is 72.8 Å². The van der Waals surface area contributed by atoms with Crippen LogP contribution in [-0.2, 0) is 16.1 Å². The molecule has 3 aromatic carbocycles. The Morgan fingerprint density at radius 1 is 0.917 bits per heavy atom. The molecule has 6 nitrogen and oxygen atoms in total. The number of nitrogens with zero attached hydrogens (tertiary/aromatic N) is 4. The van der Waals surface area contributed by atoms with Gasteiger partial charge in [-0.3, -0.25) is 19.4 Å². The molecule has 2 aliphatic heterocycles. The quantitative estimate of drug-likeness (QED) is 0.374. The van der Waals surface area contributed by atoms with Crippen molar-refractivity contribution < 1.29 is 9.59 Å². The van der Waals surface area contributed by atoms with Crippen LogP contribution in [0, 0.1) is 6.92 Å². The minimum Gasteiger partial charge on any atom is -0.297 e. The normalized spacial score (nSPS) is 19.5. The van der Waals surface area contributed by atoms with E-state index < -0.39 is 0 Å². The minimum absolute atomic E-state index is 0.111. The molecule has 1 atom stereocenters. The summed E-state index contributed by atoms with van der Waals surface area (Å²) in [6.45, 7) is 6.36. The number of anilines is 1. The monoisotopic (exact) mass is 496 g/mol. The number of imide groups is 1. The van der Waals surface area contributed by atoms with Gasteiger partial charge < -0.3 is 0 Å². The van der Waals surface area contributed by atoms with Crippen LogP contribution in [0.3, 0.4) is 0 Å². The van der Waals surface area contributed by atoms with Crippen LogP contribution in [-0.4, -0.2) is 58.8 Å². The second-order valence-corrected chi connectivity index (χ2v) is 10.7. The molecule has 182 valence electrons. The summed E-state index contributed by atoms with van der Waals surface area (Å²) in [5.74, 6) is -0.236. The summed E-state index contributed by atoms with van der Waals surface area (Å²) < 4.78 is 1.16. The van der Waals surface area contributed by atoms with E-state index in [1.807, 2.05) is 36.4 Å². The van der Waals surface area contributed by atoms with Gasteiger partial charge in [0.05, 0.1) is 28.4 Å². The molecule has 0 aliphatic carbocycles. The maximum atomic E-state index is 13.3. The lowest BCUT2D eigenvalue weighted by Crippen LogP contribution is -2.52. The van der Waals surface area contributed by atoms with Crippen molar-refractivity contribution in [2.75, 3.05) is 31.1 Å². The third kappa shape index (κ3) is 4.46. The lowest BCUT2D eigenvalue weighted by atomic mass is 10.1. The fourth-order valence-electron chi connectivity index (χ4n) is 5.16. The number of aryl methyl sites for hydroxylation is 1. The standard InChI is InChI=1S/C29H28N4O2S/c1-20-7-12-24-26(17-20)36-28(30-24)22-8-10-23(11-9-22)33-27(34)18-25(29(33)35)32-15-13-31(14-16-32)19-21-5-3-2-4-6-21/h2-12,17,25H,13-16,18-19H2,1H3/t25-/m0/s1. The van der Waals surface area contributed by atoms with Gasteiger partial charge in [-0.15, -0.1) is 11.3 Å². The van der Waals surface area contributed by atoms with Crippen LogP contribution in [0.4, 0.5) is 5.69 Å². The minimum atomic E-state index is -0.372. The Bertz CT molecular complexity index is 1410. The molecular weight excluding hydrogens is 468 g/mol. The number of hydrogen-bond donors (Lipinski definition) is 0. The highest BCUT2D eigenvalue weighted by Gasteiger charge is 2.43. The van der Waals surface area contributed by atoms with Gasteiger partial charge in [0.1, 0.15) is 5.01 Å². The van der Waals surface area contributed by atoms with Crippen molar-refractivity contribution in [2.45, 2.75) is 25.9 Å². The highest BCUT2D eigenvalue weighted by molar-refractivity contribution is 7.21. The summed E-state index contributed by atoms with van der Waals surface area (Å²) in [5.41, 5.74) is 5.12. The van der Waals surface area contributed by atoms with Crippen molar-refractivity contribution in [3.05, 3.63) is 83.9 Å². The fraction of sp³-hybridized carbons (Fsp3) is 0.276. The van der Waals surface area contributed by atoms with E-state index in [4.69, 9.17) is 4.98 Å². The molecule has 2 amide bonds. The first-order valence-electron chi connectivity index (χ1n) is 12.4. The number of piperazine rings is 1. The predicted octanol–water partition coefficient (Wildman–Crippen LogP) is 4.72. The molecule has 36 heavy (non-hydrogen) atoms. The molecule has 2 saturated heterocycles. The van der Waals surface area contributed by atoms with Gasteiger partial charge in [-0.25, -0.2) is 9.88 Å². The number of carbonyl (C=O) groups is 2. The third-order valence-electron chi connectivity index (χ3n) is 7.14. The van der Waals surface area contributed by atoms with Crippen LogP contribution in [0.5, 0.6) is 0 Å². The lowest BCUT2D eigenvalue weighted by Gasteiger charge is -2.37. The fourth-order valence-corrected chi connectivity index (χ4v) is 6.22. The number of rotatable bonds is 5. The number of thiazole rings is 1. The molecule has 0 spiro atoms. The van der Waals surface area contributed by atoms with Crippen LogP contribution < -0.4 is 4.90 Å². The molecule has 7 heteroatoms. The Labute approximate surface area is 214 Å². The van der Waals surface area contributed by atoms with Crippen LogP contribution >= 0.6 is 11.3 Å². The molecule has 0 bridgehead atoms. The number of aromatic nitrogens is 1. The number of benzene rings is 3. The van der Waals surface area contributed by atoms with Gasteiger partial charge in [0.15, 0.2) is 0 Å². The van der Waals surface area contributed by atoms with Crippen molar-refractivity contribution in [3.63, 3.8) is 0 Å². The van der Waals surface area contributed by atoms with Crippen molar-refractivity contribution in [1.82, 2.24) is 14.8 Å². The topological polar surface area (TPSA) is 56.8 Å². The maximum Gasteiger partial charge on any atom is 0.251 e. The van der Waals surface area contributed by atoms with Gasteiger partial charge in [-0.05, 0) is 54.4 Å². The average molecular weight is 497 g/mol. The summed E-state index contributed by atoms with van der Waals surface area (Å²) in [6.07, 6.45) is 0.247. The van der Waals surface area contributed by atoms with Crippen LogP contribution in [0.1, 0.15) is 17.5 Å². The first-order chi connectivity index (χ1) is 17.5. The molecule has 0 unspecified atom stereocenters. The maximum absolute atomic E-state index is 13.3. The summed E-state index contributed by atoms with van der Waals surface area (Å²) in [5, 5.41) is 0.937. The van der Waals surface area contributed by atoms with E-state index in [1.165, 1.54) is 16.0 Å². The first-order valence-corrected chi connectivity index (χ1v) is 13.2. The van der Waals surface area contributed by atoms with Gasteiger partial charge in [0.2, 0.25) is 5.91 Å². The van der Waals surface area contributed by atoms with Gasteiger partial charge in [-0.2, -0.15) is 0 Å². The number of carbonyl (C=O) groups excluding carboxylic acids is 2. The summed E-state index contributed by atoms with van der Waals surface area (Å²) in [6, 6.07) is 24.0. The number of hydrogen-bond acceptors (Lipinski definition) is 6. The summed E-state index contributed by atoms with van der Waals surface area (Å²) >= 11 is 1.65. The Kier molecular flexibility index (Phi) is 6.13. The van der Waals surface area contributed by atoms with E-state index in [1.54, 1.807) is 11.3 Å². The van der Waals surface area contributed by atoms with E-state index in [0.29, 0.717) is 5.69 Å². The zero-order valence-electron chi connectivity index (χ0n) is 20.3. The molecule has 1 aromatic heterocycles. The average Bonchev–Trinajstić information content (AvgIpc) is 3.45. The van der Waals surface area contributed by atoms with E-state index in [2.05, 4.69) is 53.1 Å². The van der Waals surface area contributed by atoms with Crippen LogP contribution in [0.25, 0.3) is 20.8 Å². The zero-order chi connectivity index (χ0) is 24.6. The SMILES string of the molecule is Cc1ccc2nc(-c3ccc(N4C(=O)C[C@H](N5CCN(Cc6ccccc6)CC5)C4=O)cc3)sc2c1. The highest BCUT2D eigenvalue weighted by atomic mass is 32.1. The number of amides is 2. The first kappa shape index (κ1) is 23.0. The Balaban J connectivity index is 1.12. The Morgan fingerprint density at radius 2 is 1.67 bits per heavy atom. The second kappa shape index (κ2) is 9.58. The number of fused-ring (bicyclic) bond motifs is 1.